The number of ether oxygens (including phenoxy) is 12. The standard InChI is InChI=1S/C65H106O31/c1-24-36(71)40(75)45(80)54(86-24)95-52-48(83)50(93-53-44(79)37(72)28(69)23-85-53)31(22-68)90-57(52)91-35-13-14-62(7)32(61(35,5)6)12-15-63(8)33(62)11-10-26-27-18-60(3,4)16-17-65(27,34(70)19-64(26,63)9)59(84)96-58-51(42(77)39(74)30(21-67)89-58)94-55-47(82)43(78)49(25(2)87-55)92-56-46(81)41(76)38(73)29(20-66)88-56/h10,24-25,27-58,66-83H,11-23H2,1-9H3/t24-,25-,27-,28+,29+,30+,31+,32-,33+,34+,35-,36-,37-,38+,39+,40+,41-,42-,43-,44+,45+,46+,47+,48-,49-,50+,51+,52+,53-,54-,55-,56-,57-,58-,62-,63+,64+,65+/m0/s1. The quantitative estimate of drug-likeness (QED) is 0.0416. The molecule has 0 radical (unpaired) electrons. The molecule has 0 aromatic rings. The Hall–Kier alpha value is -1.95. The van der Waals surface area contributed by atoms with E-state index < -0.39 is 256 Å². The van der Waals surface area contributed by atoms with Crippen LogP contribution in [0.4, 0.5) is 0 Å². The van der Waals surface area contributed by atoms with E-state index in [0.29, 0.717) is 44.9 Å². The van der Waals surface area contributed by atoms with Gasteiger partial charge in [-0.05, 0) is 116 Å². The van der Waals surface area contributed by atoms with E-state index in [2.05, 4.69) is 54.5 Å². The van der Waals surface area contributed by atoms with Crippen LogP contribution in [0.1, 0.15) is 120 Å². The van der Waals surface area contributed by atoms with Crippen molar-refractivity contribution in [1.29, 1.82) is 0 Å². The van der Waals surface area contributed by atoms with Gasteiger partial charge in [0.1, 0.15) is 127 Å². The molecule has 18 N–H and O–H groups in total. The van der Waals surface area contributed by atoms with E-state index in [1.54, 1.807) is 0 Å². The molecule has 0 unspecified atom stereocenters. The summed E-state index contributed by atoms with van der Waals surface area (Å²) in [6.07, 6.45) is -43.8. The second kappa shape index (κ2) is 27.9. The molecule has 4 saturated carbocycles. The lowest BCUT2D eigenvalue weighted by molar-refractivity contribution is -0.391. The molecule has 31 heteroatoms. The van der Waals surface area contributed by atoms with Crippen LogP contribution < -0.4 is 0 Å². The van der Waals surface area contributed by atoms with E-state index in [0.717, 1.165) is 5.57 Å². The zero-order valence-electron chi connectivity index (χ0n) is 55.8. The minimum Gasteiger partial charge on any atom is -0.432 e. The van der Waals surface area contributed by atoms with Crippen molar-refractivity contribution in [1.82, 2.24) is 0 Å². The van der Waals surface area contributed by atoms with Crippen LogP contribution in [0.15, 0.2) is 11.6 Å². The molecule has 6 saturated heterocycles. The zero-order chi connectivity index (χ0) is 70.2. The van der Waals surface area contributed by atoms with Gasteiger partial charge in [-0.25, -0.2) is 0 Å². The van der Waals surface area contributed by atoms with E-state index in [4.69, 9.17) is 56.8 Å². The molecule has 5 aliphatic carbocycles. The first-order valence-corrected chi connectivity index (χ1v) is 34.1. The summed E-state index contributed by atoms with van der Waals surface area (Å²) >= 11 is 0. The topological polar surface area (TPSA) is 492 Å². The second-order valence-corrected chi connectivity index (χ2v) is 31.5. The molecular weight excluding hydrogens is 1280 g/mol. The Morgan fingerprint density at radius 3 is 1.64 bits per heavy atom. The number of allylic oxidation sites excluding steroid dienone is 2. The summed E-state index contributed by atoms with van der Waals surface area (Å²) in [6, 6.07) is 0. The summed E-state index contributed by atoms with van der Waals surface area (Å²) in [5.74, 6) is -1.55. The van der Waals surface area contributed by atoms with Gasteiger partial charge in [-0.2, -0.15) is 0 Å². The van der Waals surface area contributed by atoms with E-state index in [1.165, 1.54) is 13.8 Å². The van der Waals surface area contributed by atoms with Crippen LogP contribution in [-0.2, 0) is 61.6 Å². The van der Waals surface area contributed by atoms with Crippen LogP contribution in [0.5, 0.6) is 0 Å². The van der Waals surface area contributed by atoms with Crippen molar-refractivity contribution < 1.29 is 154 Å². The summed E-state index contributed by atoms with van der Waals surface area (Å²) in [6.45, 7) is 15.2. The molecule has 31 nitrogen and oxygen atoms in total. The summed E-state index contributed by atoms with van der Waals surface area (Å²) in [4.78, 5) is 15.7. The first-order chi connectivity index (χ1) is 45.0. The van der Waals surface area contributed by atoms with Gasteiger partial charge in [0.15, 0.2) is 37.6 Å². The first-order valence-electron chi connectivity index (χ1n) is 34.1. The molecular formula is C65H106O31. The molecule has 96 heavy (non-hydrogen) atoms. The largest absolute Gasteiger partial charge is 0.432 e. The molecule has 0 amide bonds. The van der Waals surface area contributed by atoms with Crippen molar-refractivity contribution in [3.8, 4) is 0 Å². The normalized spacial score (nSPS) is 54.9. The molecule has 0 spiro atoms. The fraction of sp³-hybridized carbons (Fsp3) is 0.954. The molecule has 6 aliphatic heterocycles. The smallest absolute Gasteiger partial charge is 0.317 e. The number of carbonyl (C=O) groups is 1. The Bertz CT molecular complexity index is 2710. The van der Waals surface area contributed by atoms with Gasteiger partial charge in [-0.1, -0.05) is 60.1 Å². The Morgan fingerprint density at radius 1 is 0.479 bits per heavy atom. The first kappa shape index (κ1) is 75.2. The molecule has 6 heterocycles. The zero-order valence-corrected chi connectivity index (χ0v) is 55.8. The van der Waals surface area contributed by atoms with E-state index >= 15 is 4.79 Å². The average molecular weight is 1380 g/mol. The average Bonchev–Trinajstić information content (AvgIpc) is 0.672. The molecule has 0 aromatic carbocycles. The van der Waals surface area contributed by atoms with Crippen molar-refractivity contribution >= 4 is 5.97 Å². The number of hydrogen-bond donors (Lipinski definition) is 18. The van der Waals surface area contributed by atoms with Gasteiger partial charge in [0.25, 0.3) is 0 Å². The molecule has 0 aromatic heterocycles. The van der Waals surface area contributed by atoms with Gasteiger partial charge in [0.2, 0.25) is 6.29 Å². The highest BCUT2D eigenvalue weighted by Gasteiger charge is 2.73. The van der Waals surface area contributed by atoms with Crippen molar-refractivity contribution in [3.05, 3.63) is 11.6 Å². The van der Waals surface area contributed by atoms with Crippen LogP contribution in [0, 0.1) is 50.2 Å². The van der Waals surface area contributed by atoms with Crippen molar-refractivity contribution in [2.24, 2.45) is 50.2 Å². The Labute approximate surface area is 556 Å². The maximum atomic E-state index is 15.7. The van der Waals surface area contributed by atoms with Crippen LogP contribution in [-0.4, -0.2) is 315 Å². The Kier molecular flexibility index (Phi) is 21.9. The third kappa shape index (κ3) is 12.6. The SMILES string of the molecule is C[C@@H]1O[C@@H](O[C@H]2[C@H](O[C@H]3CC[C@]4(C)[C@H]5CC=C6[C@@H]7CC(C)(C)CC[C@]7(C(=O)O[C@@H]7O[C@H](CO)[C@@H](O)[C@H](O)[C@H]7O[C@@H]7O[C@@H](C)[C@H](O[C@@H]8O[C@H](CO)[C@@H](O)[C@H](O)[C@H]8O)[C@@H](O)[C@H]7O)[C@H](O)C[C@@]6(C)[C@]5(C)CC[C@H]4C3(C)C)O[C@H](CO)[C@@H](O[C@@H]3OC[C@@H](O)[C@H](O)[C@H]3O)[C@@H]2O)[C@H](O)[C@H](O)[C@H]1O. The van der Waals surface area contributed by atoms with Crippen LogP contribution in [0.3, 0.4) is 0 Å². The number of rotatable bonds is 15. The highest BCUT2D eigenvalue weighted by Crippen LogP contribution is 2.76. The van der Waals surface area contributed by atoms with Crippen molar-refractivity contribution in [2.45, 2.75) is 310 Å². The van der Waals surface area contributed by atoms with Gasteiger partial charge >= 0.3 is 5.97 Å². The number of fused-ring (bicyclic) bond motifs is 7. The molecule has 11 aliphatic rings. The van der Waals surface area contributed by atoms with E-state index in [9.17, 15) is 91.9 Å². The van der Waals surface area contributed by atoms with Crippen molar-refractivity contribution in [3.63, 3.8) is 0 Å². The Balaban J connectivity index is 0.831. The highest BCUT2D eigenvalue weighted by molar-refractivity contribution is 5.80. The monoisotopic (exact) mass is 1380 g/mol. The van der Waals surface area contributed by atoms with Crippen LogP contribution in [0.25, 0.3) is 0 Å². The number of aliphatic hydroxyl groups excluding tert-OH is 18. The summed E-state index contributed by atoms with van der Waals surface area (Å²) in [5.41, 5.74) is -3.23. The lowest BCUT2D eigenvalue weighted by Gasteiger charge is -2.72. The van der Waals surface area contributed by atoms with Crippen LogP contribution >= 0.6 is 0 Å². The van der Waals surface area contributed by atoms with Crippen molar-refractivity contribution in [2.75, 3.05) is 26.4 Å². The lowest BCUT2D eigenvalue weighted by Crippen LogP contribution is -2.69. The maximum Gasteiger partial charge on any atom is 0.317 e. The number of esters is 1. The molecule has 38 atom stereocenters. The van der Waals surface area contributed by atoms with Gasteiger partial charge in [0.05, 0.1) is 50.8 Å². The van der Waals surface area contributed by atoms with Crippen LogP contribution in [0.2, 0.25) is 0 Å². The number of aliphatic hydroxyl groups is 18. The fourth-order valence-corrected chi connectivity index (χ4v) is 19.2. The lowest BCUT2D eigenvalue weighted by atomic mass is 9.33. The minimum atomic E-state index is -2.02. The highest BCUT2D eigenvalue weighted by atomic mass is 16.8. The summed E-state index contributed by atoms with van der Waals surface area (Å²) < 4.78 is 72.7. The molecule has 552 valence electrons. The number of carbonyl (C=O) groups excluding carboxylic acids is 1. The predicted octanol–water partition coefficient (Wildman–Crippen LogP) is -4.72. The second-order valence-electron chi connectivity index (χ2n) is 31.5. The predicted molar refractivity (Wildman–Crippen MR) is 321 cm³/mol. The third-order valence-corrected chi connectivity index (χ3v) is 25.2. The molecule has 0 bridgehead atoms. The fourth-order valence-electron chi connectivity index (χ4n) is 19.2. The minimum absolute atomic E-state index is 0.00257. The van der Waals surface area contributed by atoms with Gasteiger partial charge < -0.3 is 149 Å². The van der Waals surface area contributed by atoms with Gasteiger partial charge in [-0.15, -0.1) is 0 Å². The molecule has 10 fully saturated rings. The Morgan fingerprint density at radius 2 is 1.00 bits per heavy atom. The summed E-state index contributed by atoms with van der Waals surface area (Å²) in [7, 11) is 0. The summed E-state index contributed by atoms with van der Waals surface area (Å²) in [5, 5.41) is 198. The van der Waals surface area contributed by atoms with Gasteiger partial charge in [0, 0.05) is 0 Å². The number of hydrogen-bond acceptors (Lipinski definition) is 31. The van der Waals surface area contributed by atoms with Gasteiger partial charge in [-0.3, -0.25) is 4.79 Å². The third-order valence-electron chi connectivity index (χ3n) is 25.2. The maximum absolute atomic E-state index is 15.7. The van der Waals surface area contributed by atoms with E-state index in [1.807, 2.05) is 0 Å². The molecule has 11 rings (SSSR count). The van der Waals surface area contributed by atoms with E-state index in [-0.39, 0.29) is 30.1 Å².